The number of carbonyl (C=O) groups is 2. The number of carbonyl (C=O) groups excluding carboxylic acids is 2. The van der Waals surface area contributed by atoms with E-state index in [0.29, 0.717) is 16.5 Å². The highest BCUT2D eigenvalue weighted by atomic mass is 35.5. The average Bonchev–Trinajstić information content (AvgIpc) is 2.99. The van der Waals surface area contributed by atoms with Gasteiger partial charge < -0.3 is 20.4 Å². The van der Waals surface area contributed by atoms with Gasteiger partial charge in [0.15, 0.2) is 0 Å². The van der Waals surface area contributed by atoms with Gasteiger partial charge in [-0.1, -0.05) is 23.7 Å². The lowest BCUT2D eigenvalue weighted by molar-refractivity contribution is -0.120. The monoisotopic (exact) mass is 307 g/mol. The van der Waals surface area contributed by atoms with Crippen LogP contribution in [0.3, 0.4) is 0 Å². The molecule has 0 saturated carbocycles. The molecule has 0 aliphatic heterocycles. The predicted octanol–water partition coefficient (Wildman–Crippen LogP) is 2.37. The SMILES string of the molecule is O=C(CNC(=O)Nc1ccccc1Cl)NCc1ccco1. The lowest BCUT2D eigenvalue weighted by Gasteiger charge is -2.08. The highest BCUT2D eigenvalue weighted by Crippen LogP contribution is 2.19. The summed E-state index contributed by atoms with van der Waals surface area (Å²) in [5.41, 5.74) is 0.479. The fourth-order valence-corrected chi connectivity index (χ4v) is 1.73. The van der Waals surface area contributed by atoms with Gasteiger partial charge in [-0.15, -0.1) is 0 Å². The maximum absolute atomic E-state index is 11.6. The summed E-state index contributed by atoms with van der Waals surface area (Å²) in [6, 6.07) is 9.81. The smallest absolute Gasteiger partial charge is 0.319 e. The molecule has 7 heteroatoms. The summed E-state index contributed by atoms with van der Waals surface area (Å²) in [6.07, 6.45) is 1.52. The van der Waals surface area contributed by atoms with Crippen molar-refractivity contribution >= 4 is 29.2 Å². The highest BCUT2D eigenvalue weighted by molar-refractivity contribution is 6.33. The van der Waals surface area contributed by atoms with Crippen LogP contribution in [0, 0.1) is 0 Å². The minimum absolute atomic E-state index is 0.142. The van der Waals surface area contributed by atoms with Gasteiger partial charge in [0.1, 0.15) is 5.76 Å². The van der Waals surface area contributed by atoms with Crippen molar-refractivity contribution in [2.24, 2.45) is 0 Å². The second-order valence-electron chi connectivity index (χ2n) is 4.14. The first-order chi connectivity index (χ1) is 10.1. The van der Waals surface area contributed by atoms with E-state index in [1.807, 2.05) is 0 Å². The summed E-state index contributed by atoms with van der Waals surface area (Å²) in [5.74, 6) is 0.324. The quantitative estimate of drug-likeness (QED) is 0.793. The zero-order valence-corrected chi connectivity index (χ0v) is 11.8. The predicted molar refractivity (Wildman–Crippen MR) is 79.0 cm³/mol. The van der Waals surface area contributed by atoms with Gasteiger partial charge >= 0.3 is 6.03 Å². The first-order valence-corrected chi connectivity index (χ1v) is 6.61. The van der Waals surface area contributed by atoms with Crippen molar-refractivity contribution < 1.29 is 14.0 Å². The van der Waals surface area contributed by atoms with Gasteiger partial charge in [-0.3, -0.25) is 4.79 Å². The molecule has 0 unspecified atom stereocenters. The van der Waals surface area contributed by atoms with E-state index in [-0.39, 0.29) is 19.0 Å². The topological polar surface area (TPSA) is 83.4 Å². The van der Waals surface area contributed by atoms with Crippen LogP contribution in [-0.4, -0.2) is 18.5 Å². The second kappa shape index (κ2) is 7.35. The number of amides is 3. The zero-order valence-electron chi connectivity index (χ0n) is 11.1. The number of hydrogen-bond donors (Lipinski definition) is 3. The van der Waals surface area contributed by atoms with E-state index in [1.54, 1.807) is 36.4 Å². The van der Waals surface area contributed by atoms with E-state index < -0.39 is 6.03 Å². The number of hydrogen-bond acceptors (Lipinski definition) is 3. The van der Waals surface area contributed by atoms with Crippen molar-refractivity contribution in [2.75, 3.05) is 11.9 Å². The minimum Gasteiger partial charge on any atom is -0.467 e. The molecule has 0 bridgehead atoms. The third-order valence-electron chi connectivity index (χ3n) is 2.57. The molecule has 0 fully saturated rings. The van der Waals surface area contributed by atoms with Crippen molar-refractivity contribution in [2.45, 2.75) is 6.54 Å². The number of nitrogens with one attached hydrogen (secondary N) is 3. The molecule has 0 spiro atoms. The van der Waals surface area contributed by atoms with E-state index >= 15 is 0 Å². The van der Waals surface area contributed by atoms with Gasteiger partial charge in [0.25, 0.3) is 0 Å². The summed E-state index contributed by atoms with van der Waals surface area (Å²) < 4.78 is 5.07. The number of urea groups is 1. The van der Waals surface area contributed by atoms with Gasteiger partial charge in [0, 0.05) is 0 Å². The molecule has 1 aromatic carbocycles. The third-order valence-corrected chi connectivity index (χ3v) is 2.90. The van der Waals surface area contributed by atoms with Gasteiger partial charge in [0.05, 0.1) is 30.1 Å². The van der Waals surface area contributed by atoms with Crippen molar-refractivity contribution in [1.29, 1.82) is 0 Å². The van der Waals surface area contributed by atoms with Crippen molar-refractivity contribution in [1.82, 2.24) is 10.6 Å². The molecular weight excluding hydrogens is 294 g/mol. The number of halogens is 1. The summed E-state index contributed by atoms with van der Waals surface area (Å²) in [4.78, 5) is 23.2. The van der Waals surface area contributed by atoms with Crippen LogP contribution in [0.2, 0.25) is 5.02 Å². The van der Waals surface area contributed by atoms with Gasteiger partial charge in [-0.25, -0.2) is 4.79 Å². The van der Waals surface area contributed by atoms with Crippen molar-refractivity contribution in [3.8, 4) is 0 Å². The number of para-hydroxylation sites is 1. The molecule has 0 radical (unpaired) electrons. The van der Waals surface area contributed by atoms with E-state index in [9.17, 15) is 9.59 Å². The first-order valence-electron chi connectivity index (χ1n) is 6.23. The van der Waals surface area contributed by atoms with Crippen LogP contribution >= 0.6 is 11.6 Å². The molecule has 3 amide bonds. The number of anilines is 1. The van der Waals surface area contributed by atoms with Crippen LogP contribution in [0.25, 0.3) is 0 Å². The Morgan fingerprint density at radius 1 is 1.10 bits per heavy atom. The van der Waals surface area contributed by atoms with Crippen molar-refractivity contribution in [3.63, 3.8) is 0 Å². The van der Waals surface area contributed by atoms with E-state index in [1.165, 1.54) is 6.26 Å². The van der Waals surface area contributed by atoms with Crippen molar-refractivity contribution in [3.05, 3.63) is 53.4 Å². The lowest BCUT2D eigenvalue weighted by Crippen LogP contribution is -2.38. The Kier molecular flexibility index (Phi) is 5.22. The Labute approximate surface area is 126 Å². The molecule has 2 rings (SSSR count). The summed E-state index contributed by atoms with van der Waals surface area (Å²) in [7, 11) is 0. The Balaban J connectivity index is 1.71. The molecule has 0 atom stereocenters. The van der Waals surface area contributed by atoms with Gasteiger partial charge in [-0.2, -0.15) is 0 Å². The standard InChI is InChI=1S/C14H14ClN3O3/c15-11-5-1-2-6-12(11)18-14(20)17-9-13(19)16-8-10-4-3-7-21-10/h1-7H,8-9H2,(H,16,19)(H2,17,18,20). The van der Waals surface area contributed by atoms with Crippen LogP contribution in [0.15, 0.2) is 47.1 Å². The van der Waals surface area contributed by atoms with Crippen LogP contribution in [0.4, 0.5) is 10.5 Å². The van der Waals surface area contributed by atoms with Crippen LogP contribution in [0.1, 0.15) is 5.76 Å². The summed E-state index contributed by atoms with van der Waals surface area (Å²) in [6.45, 7) is 0.136. The molecular formula is C14H14ClN3O3. The number of rotatable bonds is 5. The van der Waals surface area contributed by atoms with Gasteiger partial charge in [-0.05, 0) is 24.3 Å². The molecule has 0 aliphatic rings. The Morgan fingerprint density at radius 3 is 2.62 bits per heavy atom. The highest BCUT2D eigenvalue weighted by Gasteiger charge is 2.07. The fraction of sp³-hybridized carbons (Fsp3) is 0.143. The molecule has 21 heavy (non-hydrogen) atoms. The third kappa shape index (κ3) is 4.85. The lowest BCUT2D eigenvalue weighted by atomic mass is 10.3. The van der Waals surface area contributed by atoms with Crippen LogP contribution in [0.5, 0.6) is 0 Å². The molecule has 110 valence electrons. The molecule has 0 saturated heterocycles. The Hall–Kier alpha value is -2.47. The minimum atomic E-state index is -0.503. The normalized spacial score (nSPS) is 9.95. The maximum Gasteiger partial charge on any atom is 0.319 e. The van der Waals surface area contributed by atoms with E-state index in [4.69, 9.17) is 16.0 Å². The zero-order chi connectivity index (χ0) is 15.1. The Bertz CT molecular complexity index is 614. The van der Waals surface area contributed by atoms with Crippen LogP contribution < -0.4 is 16.0 Å². The van der Waals surface area contributed by atoms with Gasteiger partial charge in [0.2, 0.25) is 5.91 Å². The summed E-state index contributed by atoms with van der Waals surface area (Å²) >= 11 is 5.91. The molecule has 3 N–H and O–H groups in total. The fourth-order valence-electron chi connectivity index (χ4n) is 1.55. The molecule has 0 aliphatic carbocycles. The summed E-state index contributed by atoms with van der Waals surface area (Å²) in [5, 5.41) is 8.03. The average molecular weight is 308 g/mol. The maximum atomic E-state index is 11.6. The molecule has 1 heterocycles. The molecule has 6 nitrogen and oxygen atoms in total. The Morgan fingerprint density at radius 2 is 1.90 bits per heavy atom. The van der Waals surface area contributed by atoms with Crippen LogP contribution in [-0.2, 0) is 11.3 Å². The van der Waals surface area contributed by atoms with E-state index in [2.05, 4.69) is 16.0 Å². The molecule has 1 aromatic heterocycles. The molecule has 2 aromatic rings. The first kappa shape index (κ1) is 14.9. The second-order valence-corrected chi connectivity index (χ2v) is 4.55. The largest absolute Gasteiger partial charge is 0.467 e. The number of furan rings is 1. The number of benzene rings is 1. The van der Waals surface area contributed by atoms with E-state index in [0.717, 1.165) is 0 Å².